The van der Waals surface area contributed by atoms with Crippen LogP contribution in [0.15, 0.2) is 57.9 Å². The fourth-order valence-corrected chi connectivity index (χ4v) is 8.23. The molecule has 3 aromatic rings. The summed E-state index contributed by atoms with van der Waals surface area (Å²) < 4.78 is 91.2. The van der Waals surface area contributed by atoms with Crippen molar-refractivity contribution < 1.29 is 49.9 Å². The van der Waals surface area contributed by atoms with Crippen molar-refractivity contribution in [2.24, 2.45) is 0 Å². The predicted molar refractivity (Wildman–Crippen MR) is 157 cm³/mol. The molecule has 0 radical (unpaired) electrons. The van der Waals surface area contributed by atoms with E-state index in [2.05, 4.69) is 5.16 Å². The quantitative estimate of drug-likeness (QED) is 0.192. The summed E-state index contributed by atoms with van der Waals surface area (Å²) in [6.45, 7) is 3.08. The van der Waals surface area contributed by atoms with E-state index in [9.17, 15) is 31.2 Å². The van der Waals surface area contributed by atoms with Crippen LogP contribution >= 0.6 is 0 Å². The number of nitrogens with zero attached hydrogens (tertiary/aromatic N) is 4. The van der Waals surface area contributed by atoms with Crippen LogP contribution in [0.4, 0.5) is 18.9 Å². The summed E-state index contributed by atoms with van der Waals surface area (Å²) in [6, 6.07) is 13.7. The highest BCUT2D eigenvalue weighted by molar-refractivity contribution is 7.89. The molecule has 0 bridgehead atoms. The van der Waals surface area contributed by atoms with E-state index in [1.54, 1.807) is 25.1 Å². The molecule has 2 fully saturated rings. The van der Waals surface area contributed by atoms with Gasteiger partial charge in [0.1, 0.15) is 24.8 Å². The van der Waals surface area contributed by atoms with Crippen molar-refractivity contribution >= 4 is 28.1 Å². The Morgan fingerprint density at radius 3 is 2.41 bits per heavy atom. The third kappa shape index (κ3) is 5.80. The number of quaternary nitrogens is 1. The molecule has 46 heavy (non-hydrogen) atoms. The van der Waals surface area contributed by atoms with Crippen LogP contribution < -0.4 is 14.0 Å². The highest BCUT2D eigenvalue weighted by Gasteiger charge is 2.60. The van der Waals surface area contributed by atoms with Crippen LogP contribution in [0.25, 0.3) is 0 Å². The molecule has 5 rings (SSSR count). The second kappa shape index (κ2) is 12.6. The molecule has 0 saturated carbocycles. The number of methoxy groups -OCH3 is 2. The van der Waals surface area contributed by atoms with E-state index in [-0.39, 0.29) is 43.1 Å². The predicted octanol–water partition coefficient (Wildman–Crippen LogP) is 3.38. The SMILES string of the molecule is COc1noc(OC)c1S(=O)(=O)N1C[C@H](c2ccccc2)[C@@H]([N@@+]2(c3cc(C)ccc3C)CCN(C=O)CC2OC(=O)C(F)(F)F)C1. The number of alkyl halides is 3. The number of aryl methyl sites for hydroxylation is 2. The molecule has 0 aliphatic carbocycles. The maximum Gasteiger partial charge on any atom is 0.491 e. The average Bonchev–Trinajstić information content (AvgIpc) is 3.68. The Labute approximate surface area is 263 Å². The van der Waals surface area contributed by atoms with Crippen LogP contribution in [0.2, 0.25) is 0 Å². The standard InChI is InChI=1S/C30H34F3N4O8S/c1-19-10-11-20(2)23(14-19)37(13-12-35(18-38)17-25(37)44-29(39)30(31,32)33)24-16-36(15-22(24)21-8-6-5-7-9-21)46(40,41)26-27(42-3)34-45-28(26)43-4/h5-11,14,18,22,24-25H,12-13,15-17H2,1-4H3/q+1/t22-,24+,25?,37+/m1/s1. The van der Waals surface area contributed by atoms with Gasteiger partial charge in [-0.05, 0) is 30.1 Å². The van der Waals surface area contributed by atoms with Gasteiger partial charge in [0.15, 0.2) is 0 Å². The van der Waals surface area contributed by atoms with Gasteiger partial charge in [-0.25, -0.2) is 17.7 Å². The zero-order valence-electron chi connectivity index (χ0n) is 25.6. The molecule has 2 aromatic carbocycles. The largest absolute Gasteiger partial charge is 0.491 e. The molecular formula is C30H34F3N4O8S+. The molecule has 4 atom stereocenters. The lowest BCUT2D eigenvalue weighted by atomic mass is 9.89. The van der Waals surface area contributed by atoms with E-state index >= 15 is 0 Å². The molecule has 1 aromatic heterocycles. The summed E-state index contributed by atoms with van der Waals surface area (Å²) in [6.07, 6.45) is -6.35. The van der Waals surface area contributed by atoms with Crippen LogP contribution in [0.1, 0.15) is 22.6 Å². The Morgan fingerprint density at radius 1 is 1.07 bits per heavy atom. The van der Waals surface area contributed by atoms with Gasteiger partial charge in [-0.1, -0.05) is 42.5 Å². The highest BCUT2D eigenvalue weighted by atomic mass is 32.2. The van der Waals surface area contributed by atoms with Crippen molar-refractivity contribution in [2.75, 3.05) is 46.9 Å². The lowest BCUT2D eigenvalue weighted by molar-refractivity contribution is -0.217. The van der Waals surface area contributed by atoms with E-state index in [0.717, 1.165) is 11.1 Å². The summed E-state index contributed by atoms with van der Waals surface area (Å²) in [7, 11) is -2.00. The minimum Gasteiger partial charge on any atom is -0.478 e. The number of benzene rings is 2. The minimum atomic E-state index is -5.31. The van der Waals surface area contributed by atoms with Gasteiger partial charge in [-0.15, -0.1) is 0 Å². The fraction of sp³-hybridized carbons (Fsp3) is 0.433. The molecular weight excluding hydrogens is 633 g/mol. The van der Waals surface area contributed by atoms with Crippen molar-refractivity contribution in [3.8, 4) is 11.8 Å². The van der Waals surface area contributed by atoms with Crippen molar-refractivity contribution in [2.45, 2.75) is 43.1 Å². The van der Waals surface area contributed by atoms with E-state index in [0.29, 0.717) is 17.7 Å². The number of hydrogen-bond donors (Lipinski definition) is 0. The van der Waals surface area contributed by atoms with Crippen LogP contribution in [0, 0.1) is 13.8 Å². The van der Waals surface area contributed by atoms with E-state index in [1.165, 1.54) is 23.4 Å². The first-order valence-corrected chi connectivity index (χ1v) is 15.8. The van der Waals surface area contributed by atoms with Gasteiger partial charge in [0.25, 0.3) is 22.1 Å². The first kappa shape index (κ1) is 33.2. The number of piperazine rings is 1. The van der Waals surface area contributed by atoms with Crippen molar-refractivity contribution in [1.29, 1.82) is 0 Å². The van der Waals surface area contributed by atoms with Crippen LogP contribution in [0.5, 0.6) is 11.8 Å². The molecule has 0 N–H and O–H groups in total. The summed E-state index contributed by atoms with van der Waals surface area (Å²) in [5, 5.41) is 3.66. The van der Waals surface area contributed by atoms with Gasteiger partial charge in [0.05, 0.1) is 33.2 Å². The maximum absolute atomic E-state index is 14.3. The number of esters is 1. The summed E-state index contributed by atoms with van der Waals surface area (Å²) >= 11 is 0. The Bertz CT molecular complexity index is 1680. The Morgan fingerprint density at radius 2 is 1.78 bits per heavy atom. The van der Waals surface area contributed by atoms with Crippen LogP contribution in [-0.4, -0.2) is 101 Å². The smallest absolute Gasteiger partial charge is 0.478 e. The second-order valence-corrected chi connectivity index (χ2v) is 13.2. The molecule has 2 aliphatic rings. The summed E-state index contributed by atoms with van der Waals surface area (Å²) in [5.41, 5.74) is 2.75. The zero-order chi connectivity index (χ0) is 33.4. The number of amides is 1. The van der Waals surface area contributed by atoms with E-state index in [4.69, 9.17) is 18.7 Å². The number of hydrogen-bond acceptors (Lipinski definition) is 9. The number of carbonyl (C=O) groups is 2. The minimum absolute atomic E-state index is 0.0284. The Kier molecular flexibility index (Phi) is 9.07. The zero-order valence-corrected chi connectivity index (χ0v) is 26.4. The molecule has 248 valence electrons. The second-order valence-electron chi connectivity index (χ2n) is 11.3. The highest BCUT2D eigenvalue weighted by Crippen LogP contribution is 2.47. The lowest BCUT2D eigenvalue weighted by Crippen LogP contribution is -2.73. The van der Waals surface area contributed by atoms with Gasteiger partial charge in [0.2, 0.25) is 11.3 Å². The first-order valence-electron chi connectivity index (χ1n) is 14.3. The van der Waals surface area contributed by atoms with Crippen LogP contribution in [-0.2, 0) is 24.3 Å². The van der Waals surface area contributed by atoms with Crippen molar-refractivity contribution in [3.63, 3.8) is 0 Å². The van der Waals surface area contributed by atoms with Crippen molar-refractivity contribution in [3.05, 3.63) is 65.2 Å². The van der Waals surface area contributed by atoms with Crippen LogP contribution in [0.3, 0.4) is 0 Å². The molecule has 2 saturated heterocycles. The maximum atomic E-state index is 14.3. The third-order valence-corrected chi connectivity index (χ3v) is 10.6. The monoisotopic (exact) mass is 667 g/mol. The third-order valence-electron chi connectivity index (χ3n) is 8.74. The van der Waals surface area contributed by atoms with E-state index < -0.39 is 51.2 Å². The van der Waals surface area contributed by atoms with Gasteiger partial charge >= 0.3 is 18.1 Å². The summed E-state index contributed by atoms with van der Waals surface area (Å²) in [5.74, 6) is -3.74. The molecule has 12 nitrogen and oxygen atoms in total. The fourth-order valence-electron chi connectivity index (χ4n) is 6.59. The molecule has 1 amide bonds. The molecule has 0 spiro atoms. The number of aromatic nitrogens is 1. The topological polar surface area (TPSA) is 128 Å². The van der Waals surface area contributed by atoms with Gasteiger partial charge in [-0.3, -0.25) is 4.79 Å². The number of halogens is 3. The lowest BCUT2D eigenvalue weighted by Gasteiger charge is -2.53. The van der Waals surface area contributed by atoms with Crippen molar-refractivity contribution in [1.82, 2.24) is 18.8 Å². The van der Waals surface area contributed by atoms with Gasteiger partial charge < -0.3 is 23.6 Å². The van der Waals surface area contributed by atoms with Gasteiger partial charge in [-0.2, -0.15) is 17.5 Å². The Hall–Kier alpha value is -4.15. The average molecular weight is 668 g/mol. The van der Waals surface area contributed by atoms with Gasteiger partial charge in [0, 0.05) is 18.2 Å². The Balaban J connectivity index is 1.75. The molecule has 3 heterocycles. The first-order chi connectivity index (χ1) is 21.8. The number of carbonyl (C=O) groups excluding carboxylic acids is 2. The molecule has 1 unspecified atom stereocenters. The number of ether oxygens (including phenoxy) is 3. The normalized spacial score (nSPS) is 24.1. The number of sulfonamides is 1. The van der Waals surface area contributed by atoms with E-state index in [1.807, 2.05) is 37.3 Å². The molecule has 16 heteroatoms. The summed E-state index contributed by atoms with van der Waals surface area (Å²) in [4.78, 5) is 25.2. The number of rotatable bonds is 9. The molecule has 2 aliphatic heterocycles.